The van der Waals surface area contributed by atoms with E-state index in [1.807, 2.05) is 0 Å². The van der Waals surface area contributed by atoms with Crippen LogP contribution >= 0.6 is 11.6 Å². The van der Waals surface area contributed by atoms with Gasteiger partial charge in [0.2, 0.25) is 15.9 Å². The van der Waals surface area contributed by atoms with Gasteiger partial charge in [0.1, 0.15) is 0 Å². The lowest BCUT2D eigenvalue weighted by molar-refractivity contribution is -0.117. The Morgan fingerprint density at radius 1 is 1.35 bits per heavy atom. The lowest BCUT2D eigenvalue weighted by atomic mass is 10.3. The zero-order valence-corrected chi connectivity index (χ0v) is 12.7. The topological polar surface area (TPSA) is 66.5 Å². The van der Waals surface area contributed by atoms with Crippen LogP contribution in [0.1, 0.15) is 19.8 Å². The molecule has 0 aromatic heterocycles. The van der Waals surface area contributed by atoms with Crippen LogP contribution in [-0.2, 0) is 14.8 Å². The molecule has 0 bridgehead atoms. The largest absolute Gasteiger partial charge is 0.311 e. The Balaban J connectivity index is 2.06. The standard InChI is InChI=1S/C13H17ClN2O3S/c1-2-7-20(18,19)15-11-8-13(17)16(9-11)12-5-3-10(14)4-6-12/h3-6,11,15H,2,7-9H2,1H3/t11-/m0/s1. The zero-order chi connectivity index (χ0) is 14.8. The van der Waals surface area contributed by atoms with Crippen molar-refractivity contribution in [3.8, 4) is 0 Å². The molecule has 1 aromatic rings. The normalized spacial score (nSPS) is 19.6. The van der Waals surface area contributed by atoms with Crippen LogP contribution in [0.3, 0.4) is 0 Å². The first-order chi connectivity index (χ1) is 9.41. The highest BCUT2D eigenvalue weighted by Crippen LogP contribution is 2.23. The molecular weight excluding hydrogens is 300 g/mol. The highest BCUT2D eigenvalue weighted by Gasteiger charge is 2.32. The molecule has 1 N–H and O–H groups in total. The van der Waals surface area contributed by atoms with Gasteiger partial charge < -0.3 is 4.90 Å². The van der Waals surface area contributed by atoms with Gasteiger partial charge in [-0.3, -0.25) is 4.79 Å². The van der Waals surface area contributed by atoms with Crippen molar-refractivity contribution in [1.82, 2.24) is 4.72 Å². The van der Waals surface area contributed by atoms with E-state index >= 15 is 0 Å². The second-order valence-corrected chi connectivity index (χ2v) is 7.13. The summed E-state index contributed by atoms with van der Waals surface area (Å²) in [6, 6.07) is 6.55. The van der Waals surface area contributed by atoms with Gasteiger partial charge in [0.25, 0.3) is 0 Å². The third-order valence-electron chi connectivity index (χ3n) is 3.08. The number of rotatable bonds is 5. The van der Waals surface area contributed by atoms with E-state index in [4.69, 9.17) is 11.6 Å². The maximum atomic E-state index is 12.0. The van der Waals surface area contributed by atoms with E-state index in [2.05, 4.69) is 4.72 Å². The Hall–Kier alpha value is -1.11. The fourth-order valence-electron chi connectivity index (χ4n) is 2.24. The van der Waals surface area contributed by atoms with Crippen LogP contribution in [0.25, 0.3) is 0 Å². The molecule has 1 saturated heterocycles. The van der Waals surface area contributed by atoms with Gasteiger partial charge in [0.15, 0.2) is 0 Å². The van der Waals surface area contributed by atoms with E-state index in [1.54, 1.807) is 36.1 Å². The van der Waals surface area contributed by atoms with Crippen molar-refractivity contribution < 1.29 is 13.2 Å². The molecule has 0 aliphatic carbocycles. The minimum absolute atomic E-state index is 0.0820. The highest BCUT2D eigenvalue weighted by atomic mass is 35.5. The molecule has 20 heavy (non-hydrogen) atoms. The predicted octanol–water partition coefficient (Wildman–Crippen LogP) is 1.77. The number of carbonyl (C=O) groups is 1. The van der Waals surface area contributed by atoms with Crippen LogP contribution in [0.5, 0.6) is 0 Å². The number of benzene rings is 1. The smallest absolute Gasteiger partial charge is 0.228 e. The Labute approximate surface area is 124 Å². The van der Waals surface area contributed by atoms with Crippen molar-refractivity contribution in [1.29, 1.82) is 0 Å². The van der Waals surface area contributed by atoms with Crippen molar-refractivity contribution in [3.05, 3.63) is 29.3 Å². The first kappa shape index (κ1) is 15.3. The summed E-state index contributed by atoms with van der Waals surface area (Å²) in [5.74, 6) is -0.00458. The zero-order valence-electron chi connectivity index (χ0n) is 11.2. The Morgan fingerprint density at radius 3 is 2.60 bits per heavy atom. The van der Waals surface area contributed by atoms with E-state index in [9.17, 15) is 13.2 Å². The lowest BCUT2D eigenvalue weighted by Gasteiger charge is -2.17. The number of amides is 1. The summed E-state index contributed by atoms with van der Waals surface area (Å²) in [6.07, 6.45) is 0.739. The number of halogens is 1. The minimum atomic E-state index is -3.30. The van der Waals surface area contributed by atoms with Crippen molar-refractivity contribution in [2.24, 2.45) is 0 Å². The van der Waals surface area contributed by atoms with E-state index in [0.29, 0.717) is 18.0 Å². The van der Waals surface area contributed by atoms with E-state index in [1.165, 1.54) is 0 Å². The van der Waals surface area contributed by atoms with E-state index < -0.39 is 10.0 Å². The van der Waals surface area contributed by atoms with Crippen LogP contribution in [0.4, 0.5) is 5.69 Å². The summed E-state index contributed by atoms with van der Waals surface area (Å²) in [7, 11) is -3.30. The van der Waals surface area contributed by atoms with Crippen LogP contribution < -0.4 is 9.62 Å². The van der Waals surface area contributed by atoms with Crippen LogP contribution in [0.15, 0.2) is 24.3 Å². The van der Waals surface area contributed by atoms with Crippen LogP contribution in [0, 0.1) is 0 Å². The maximum Gasteiger partial charge on any atom is 0.228 e. The van der Waals surface area contributed by atoms with Gasteiger partial charge in [-0.2, -0.15) is 0 Å². The lowest BCUT2D eigenvalue weighted by Crippen LogP contribution is -2.38. The SMILES string of the molecule is CCCS(=O)(=O)N[C@H]1CC(=O)N(c2ccc(Cl)cc2)C1. The molecule has 1 aromatic carbocycles. The number of hydrogen-bond acceptors (Lipinski definition) is 3. The second kappa shape index (κ2) is 6.11. The number of nitrogens with zero attached hydrogens (tertiary/aromatic N) is 1. The molecule has 1 heterocycles. The number of hydrogen-bond donors (Lipinski definition) is 1. The molecule has 1 amide bonds. The molecule has 5 nitrogen and oxygen atoms in total. The van der Waals surface area contributed by atoms with Gasteiger partial charge in [-0.05, 0) is 30.7 Å². The van der Waals surface area contributed by atoms with Gasteiger partial charge >= 0.3 is 0 Å². The third-order valence-corrected chi connectivity index (χ3v) is 4.97. The second-order valence-electron chi connectivity index (χ2n) is 4.82. The van der Waals surface area contributed by atoms with Crippen molar-refractivity contribution in [2.75, 3.05) is 17.2 Å². The van der Waals surface area contributed by atoms with Gasteiger partial charge in [-0.25, -0.2) is 13.1 Å². The third kappa shape index (κ3) is 3.71. The predicted molar refractivity (Wildman–Crippen MR) is 79.4 cm³/mol. The van der Waals surface area contributed by atoms with Crippen LogP contribution in [0.2, 0.25) is 5.02 Å². The first-order valence-electron chi connectivity index (χ1n) is 6.47. The van der Waals surface area contributed by atoms with Gasteiger partial charge in [0.05, 0.1) is 5.75 Å². The van der Waals surface area contributed by atoms with Gasteiger partial charge in [-0.1, -0.05) is 18.5 Å². The summed E-state index contributed by atoms with van der Waals surface area (Å²) in [6.45, 7) is 2.16. The molecule has 110 valence electrons. The summed E-state index contributed by atoms with van der Waals surface area (Å²) in [5, 5.41) is 0.598. The van der Waals surface area contributed by atoms with E-state index in [-0.39, 0.29) is 24.1 Å². The summed E-state index contributed by atoms with van der Waals surface area (Å²) >= 11 is 5.81. The molecule has 0 spiro atoms. The molecule has 0 saturated carbocycles. The quantitative estimate of drug-likeness (QED) is 0.900. The first-order valence-corrected chi connectivity index (χ1v) is 8.50. The maximum absolute atomic E-state index is 12.0. The molecule has 1 atom stereocenters. The van der Waals surface area contributed by atoms with Crippen molar-refractivity contribution >= 4 is 33.2 Å². The number of carbonyl (C=O) groups excluding carboxylic acids is 1. The molecule has 1 aliphatic heterocycles. The number of nitrogens with one attached hydrogen (secondary N) is 1. The fraction of sp³-hybridized carbons (Fsp3) is 0.462. The van der Waals surface area contributed by atoms with Gasteiger partial charge in [0, 0.05) is 29.7 Å². The molecule has 7 heteroatoms. The molecule has 1 aliphatic rings. The Bertz CT molecular complexity index is 586. The van der Waals surface area contributed by atoms with Crippen molar-refractivity contribution in [3.63, 3.8) is 0 Å². The Morgan fingerprint density at radius 2 is 2.00 bits per heavy atom. The summed E-state index contributed by atoms with van der Waals surface area (Å²) < 4.78 is 26.0. The molecular formula is C13H17ClN2O3S. The fourth-order valence-corrected chi connectivity index (χ4v) is 3.69. The summed E-state index contributed by atoms with van der Waals surface area (Å²) in [4.78, 5) is 13.6. The van der Waals surface area contributed by atoms with Crippen molar-refractivity contribution in [2.45, 2.75) is 25.8 Å². The minimum Gasteiger partial charge on any atom is -0.311 e. The van der Waals surface area contributed by atoms with E-state index in [0.717, 1.165) is 5.69 Å². The summed E-state index contributed by atoms with van der Waals surface area (Å²) in [5.41, 5.74) is 0.733. The van der Waals surface area contributed by atoms with Crippen LogP contribution in [-0.4, -0.2) is 32.7 Å². The number of sulfonamides is 1. The average Bonchev–Trinajstić information content (AvgIpc) is 2.70. The number of anilines is 1. The molecule has 1 fully saturated rings. The monoisotopic (exact) mass is 316 g/mol. The molecule has 0 unspecified atom stereocenters. The Kier molecular flexibility index (Phi) is 4.67. The highest BCUT2D eigenvalue weighted by molar-refractivity contribution is 7.89. The molecule has 2 rings (SSSR count). The van der Waals surface area contributed by atoms with Gasteiger partial charge in [-0.15, -0.1) is 0 Å². The average molecular weight is 317 g/mol. The molecule has 0 radical (unpaired) electrons.